The summed E-state index contributed by atoms with van der Waals surface area (Å²) in [6.45, 7) is 6.15. The van der Waals surface area contributed by atoms with E-state index in [2.05, 4.69) is 47.8 Å². The van der Waals surface area contributed by atoms with Crippen LogP contribution in [0.2, 0.25) is 0 Å². The first-order chi connectivity index (χ1) is 12.9. The second kappa shape index (κ2) is 9.73. The summed E-state index contributed by atoms with van der Waals surface area (Å²) in [4.78, 5) is 5.58. The molecule has 2 aromatic carbocycles. The fraction of sp³-hybridized carbons (Fsp3) is 0.190. The van der Waals surface area contributed by atoms with Crippen LogP contribution in [0.3, 0.4) is 0 Å². The van der Waals surface area contributed by atoms with E-state index in [-0.39, 0.29) is 0 Å². The lowest BCUT2D eigenvalue weighted by molar-refractivity contribution is 0.865. The van der Waals surface area contributed by atoms with Crippen LogP contribution in [0.5, 0.6) is 0 Å². The Bertz CT molecular complexity index is 939. The number of hydrogen-bond donors (Lipinski definition) is 4. The normalized spacial score (nSPS) is 14.4. The molecule has 0 saturated carbocycles. The maximum Gasteiger partial charge on any atom is 0.140 e. The molecule has 0 heterocycles. The van der Waals surface area contributed by atoms with Crippen molar-refractivity contribution in [2.45, 2.75) is 31.6 Å². The van der Waals surface area contributed by atoms with Gasteiger partial charge in [0, 0.05) is 27.2 Å². The Morgan fingerprint density at radius 2 is 1.74 bits per heavy atom. The zero-order chi connectivity index (χ0) is 19.8. The number of benzene rings is 2. The molecule has 0 aromatic heterocycles. The first kappa shape index (κ1) is 20.5. The first-order valence-electron chi connectivity index (χ1n) is 8.72. The van der Waals surface area contributed by atoms with Gasteiger partial charge in [-0.25, -0.2) is 4.99 Å². The molecule has 6 heteroatoms. The van der Waals surface area contributed by atoms with Crippen LogP contribution in [0, 0.1) is 0 Å². The van der Waals surface area contributed by atoms with Gasteiger partial charge in [-0.1, -0.05) is 50.2 Å². The van der Waals surface area contributed by atoms with Gasteiger partial charge in [0.15, 0.2) is 0 Å². The fourth-order valence-electron chi connectivity index (χ4n) is 2.40. The van der Waals surface area contributed by atoms with Gasteiger partial charge >= 0.3 is 0 Å². The molecule has 0 aliphatic rings. The van der Waals surface area contributed by atoms with Gasteiger partial charge in [-0.3, -0.25) is 0 Å². The van der Waals surface area contributed by atoms with Gasteiger partial charge < -0.3 is 21.9 Å². The third kappa shape index (κ3) is 6.11. The van der Waals surface area contributed by atoms with Crippen LogP contribution >= 0.6 is 11.9 Å². The minimum atomic E-state index is 0.364. The van der Waals surface area contributed by atoms with Crippen LogP contribution in [-0.2, 0) is 0 Å². The van der Waals surface area contributed by atoms with Crippen molar-refractivity contribution in [2.24, 2.45) is 22.2 Å². The molecule has 0 bridgehead atoms. The summed E-state index contributed by atoms with van der Waals surface area (Å²) in [5.74, 6) is 1.44. The van der Waals surface area contributed by atoms with Crippen molar-refractivity contribution in [3.05, 3.63) is 76.3 Å². The number of aliphatic imine (C=N–C) groups is 1. The van der Waals surface area contributed by atoms with Crippen molar-refractivity contribution in [2.75, 3.05) is 0 Å². The molecule has 142 valence electrons. The summed E-state index contributed by atoms with van der Waals surface area (Å²) >= 11 is 1.46. The van der Waals surface area contributed by atoms with E-state index in [9.17, 15) is 0 Å². The maximum atomic E-state index is 6.20. The molecule has 0 aliphatic heterocycles. The van der Waals surface area contributed by atoms with E-state index in [4.69, 9.17) is 17.2 Å². The highest BCUT2D eigenvalue weighted by atomic mass is 32.2. The Kier molecular flexibility index (Phi) is 7.37. The minimum absolute atomic E-state index is 0.364. The minimum Gasteiger partial charge on any atom is -0.404 e. The van der Waals surface area contributed by atoms with Crippen molar-refractivity contribution >= 4 is 29.8 Å². The van der Waals surface area contributed by atoms with Crippen molar-refractivity contribution in [1.29, 1.82) is 0 Å². The highest BCUT2D eigenvalue weighted by molar-refractivity contribution is 7.98. The Balaban J connectivity index is 2.30. The van der Waals surface area contributed by atoms with Crippen molar-refractivity contribution in [1.82, 2.24) is 4.72 Å². The number of nitrogens with one attached hydrogen (secondary N) is 1. The monoisotopic (exact) mass is 381 g/mol. The predicted octanol–water partition coefficient (Wildman–Crippen LogP) is 2.09. The topological polar surface area (TPSA) is 102 Å². The van der Waals surface area contributed by atoms with E-state index in [1.54, 1.807) is 13.0 Å². The summed E-state index contributed by atoms with van der Waals surface area (Å²) in [7, 11) is 0. The van der Waals surface area contributed by atoms with Crippen molar-refractivity contribution in [3.63, 3.8) is 0 Å². The highest BCUT2D eigenvalue weighted by Crippen LogP contribution is 2.20. The van der Waals surface area contributed by atoms with Crippen LogP contribution in [-0.4, -0.2) is 5.84 Å². The van der Waals surface area contributed by atoms with Crippen molar-refractivity contribution in [3.8, 4) is 0 Å². The smallest absolute Gasteiger partial charge is 0.140 e. The van der Waals surface area contributed by atoms with Crippen molar-refractivity contribution < 1.29 is 0 Å². The molecule has 27 heavy (non-hydrogen) atoms. The second-order valence-electron chi connectivity index (χ2n) is 6.45. The predicted molar refractivity (Wildman–Crippen MR) is 117 cm³/mol. The van der Waals surface area contributed by atoms with Crippen LogP contribution in [0.25, 0.3) is 12.0 Å². The molecule has 0 spiro atoms. The van der Waals surface area contributed by atoms with Gasteiger partial charge in [0.25, 0.3) is 0 Å². The van der Waals surface area contributed by atoms with Gasteiger partial charge in [-0.2, -0.15) is 0 Å². The average molecular weight is 382 g/mol. The number of nitrogens with zero attached hydrogens (tertiary/aromatic N) is 1. The molecule has 0 radical (unpaired) electrons. The molecule has 0 saturated heterocycles. The number of hydrogen-bond acceptors (Lipinski definition) is 5. The average Bonchev–Trinajstić information content (AvgIpc) is 2.65. The molecule has 0 unspecified atom stereocenters. The Morgan fingerprint density at radius 1 is 1.07 bits per heavy atom. The highest BCUT2D eigenvalue weighted by Gasteiger charge is 2.02. The fourth-order valence-corrected chi connectivity index (χ4v) is 3.00. The van der Waals surface area contributed by atoms with E-state index in [1.807, 2.05) is 24.3 Å². The molecular weight excluding hydrogens is 354 g/mol. The number of allylic oxidation sites excluding steroid dienone is 1. The van der Waals surface area contributed by atoms with Crippen LogP contribution in [0.4, 0.5) is 0 Å². The van der Waals surface area contributed by atoms with E-state index in [0.717, 1.165) is 15.3 Å². The zero-order valence-electron chi connectivity index (χ0n) is 15.9. The standard InChI is InChI=1S/C21H27N5S/c1-14(2)16-8-10-18(11-9-16)27-26-20(12-15(3)23)25-21(24)19-7-5-4-6-17(19)13-22/h4-14H,22-24H2,1-3H3,(H,25,26)/b15-12?,17-13-,21-19+. The van der Waals surface area contributed by atoms with Gasteiger partial charge in [-0.15, -0.1) is 0 Å². The summed E-state index contributed by atoms with van der Waals surface area (Å²) in [5.41, 5.74) is 19.7. The van der Waals surface area contributed by atoms with Gasteiger partial charge in [0.1, 0.15) is 11.7 Å². The largest absolute Gasteiger partial charge is 0.404 e. The maximum absolute atomic E-state index is 6.20. The number of rotatable bonds is 5. The van der Waals surface area contributed by atoms with Gasteiger partial charge in [0.05, 0.1) is 0 Å². The molecule has 0 amide bonds. The second-order valence-corrected chi connectivity index (χ2v) is 7.33. The lowest BCUT2D eigenvalue weighted by Crippen LogP contribution is -2.30. The van der Waals surface area contributed by atoms with Gasteiger partial charge in [-0.05, 0) is 48.6 Å². The zero-order valence-corrected chi connectivity index (χ0v) is 16.8. The third-order valence-electron chi connectivity index (χ3n) is 3.84. The summed E-state index contributed by atoms with van der Waals surface area (Å²) < 4.78 is 3.22. The lowest BCUT2D eigenvalue weighted by Gasteiger charge is -2.09. The quantitative estimate of drug-likeness (QED) is 0.361. The Hall–Kier alpha value is -2.86. The summed E-state index contributed by atoms with van der Waals surface area (Å²) in [6.07, 6.45) is 3.26. The lowest BCUT2D eigenvalue weighted by atomic mass is 10.0. The Morgan fingerprint density at radius 3 is 2.33 bits per heavy atom. The number of nitrogens with two attached hydrogens (primary N) is 3. The first-order valence-corrected chi connectivity index (χ1v) is 9.54. The van der Waals surface area contributed by atoms with Gasteiger partial charge in [0.2, 0.25) is 0 Å². The molecule has 0 atom stereocenters. The summed E-state index contributed by atoms with van der Waals surface area (Å²) in [5, 5.41) is 1.59. The van der Waals surface area contributed by atoms with E-state index in [1.165, 1.54) is 23.7 Å². The molecule has 5 nitrogen and oxygen atoms in total. The van der Waals surface area contributed by atoms with Crippen LogP contribution in [0.1, 0.15) is 32.3 Å². The molecule has 2 rings (SSSR count). The molecule has 7 N–H and O–H groups in total. The Labute approximate surface area is 164 Å². The molecule has 0 aliphatic carbocycles. The van der Waals surface area contributed by atoms with Crippen LogP contribution in [0.15, 0.2) is 70.2 Å². The van der Waals surface area contributed by atoms with Crippen LogP contribution < -0.4 is 32.4 Å². The molecular formula is C21H27N5S. The molecule has 0 fully saturated rings. The van der Waals surface area contributed by atoms with E-state index >= 15 is 0 Å². The van der Waals surface area contributed by atoms with E-state index < -0.39 is 0 Å². The SMILES string of the molecule is CC(N)=CC(=N/C(N)=c1\cccc\c1=C\N)NSc1ccc(C(C)C)cc1. The third-order valence-corrected chi connectivity index (χ3v) is 4.66. The molecule has 2 aromatic rings. The summed E-state index contributed by atoms with van der Waals surface area (Å²) in [6, 6.07) is 16.0. The van der Waals surface area contributed by atoms with E-state index in [0.29, 0.717) is 23.3 Å². The number of amidine groups is 1.